The molecule has 20 heavy (non-hydrogen) atoms. The van der Waals surface area contributed by atoms with Gasteiger partial charge in [0.1, 0.15) is 0 Å². The zero-order valence-electron chi connectivity index (χ0n) is 13.8. The van der Waals surface area contributed by atoms with Gasteiger partial charge in [-0.2, -0.15) is 0 Å². The summed E-state index contributed by atoms with van der Waals surface area (Å²) in [5.74, 6) is 0. The van der Waals surface area contributed by atoms with Gasteiger partial charge in [-0.1, -0.05) is 97.3 Å². The Balaban J connectivity index is 2.89. The smallest absolute Gasteiger partial charge is 0.0466 e. The van der Waals surface area contributed by atoms with E-state index < -0.39 is 0 Å². The van der Waals surface area contributed by atoms with Crippen LogP contribution >= 0.6 is 0 Å². The maximum atomic E-state index is 5.66. The molecule has 0 aromatic carbocycles. The fraction of sp³-hybridized carbons (Fsp3) is 0.895. The molecule has 0 bridgehead atoms. The van der Waals surface area contributed by atoms with Crippen LogP contribution in [0.2, 0.25) is 0 Å². The van der Waals surface area contributed by atoms with Gasteiger partial charge in [-0.15, -0.1) is 0 Å². The number of hydrogen-bond donors (Lipinski definition) is 0. The second kappa shape index (κ2) is 19.0. The third kappa shape index (κ3) is 18.0. The molecular weight excluding hydrogens is 244 g/mol. The van der Waals surface area contributed by atoms with Crippen LogP contribution < -0.4 is 0 Å². The molecular formula is C19H38O. The maximum Gasteiger partial charge on any atom is 0.0466 e. The summed E-state index contributed by atoms with van der Waals surface area (Å²) in [5.41, 5.74) is 0. The summed E-state index contributed by atoms with van der Waals surface area (Å²) in [6.07, 6.45) is 19.7. The van der Waals surface area contributed by atoms with Gasteiger partial charge in [-0.05, 0) is 12.8 Å². The van der Waals surface area contributed by atoms with E-state index in [0.29, 0.717) is 0 Å². The van der Waals surface area contributed by atoms with Crippen LogP contribution in [-0.4, -0.2) is 13.2 Å². The van der Waals surface area contributed by atoms with Crippen LogP contribution in [-0.2, 0) is 4.74 Å². The topological polar surface area (TPSA) is 9.23 Å². The lowest BCUT2D eigenvalue weighted by atomic mass is 10.1. The summed E-state index contributed by atoms with van der Waals surface area (Å²) in [4.78, 5) is 0. The van der Waals surface area contributed by atoms with Crippen molar-refractivity contribution in [2.75, 3.05) is 13.2 Å². The number of hydrogen-bond acceptors (Lipinski definition) is 1. The van der Waals surface area contributed by atoms with Crippen LogP contribution in [0.15, 0.2) is 0 Å². The van der Waals surface area contributed by atoms with Gasteiger partial charge in [0.25, 0.3) is 0 Å². The van der Waals surface area contributed by atoms with E-state index in [2.05, 4.69) is 13.8 Å². The molecule has 0 N–H and O–H groups in total. The average Bonchev–Trinajstić information content (AvgIpc) is 2.47. The summed E-state index contributed by atoms with van der Waals surface area (Å²) < 4.78 is 5.66. The highest BCUT2D eigenvalue weighted by atomic mass is 16.5. The molecule has 0 amide bonds. The van der Waals surface area contributed by atoms with Crippen molar-refractivity contribution in [1.29, 1.82) is 0 Å². The van der Waals surface area contributed by atoms with Crippen LogP contribution in [0.1, 0.15) is 96.3 Å². The van der Waals surface area contributed by atoms with E-state index >= 15 is 0 Å². The Hall–Kier alpha value is -0.0400. The zero-order chi connectivity index (χ0) is 14.7. The first-order chi connectivity index (χ1) is 9.91. The molecule has 0 aromatic rings. The molecule has 0 aromatic heterocycles. The second-order valence-electron chi connectivity index (χ2n) is 5.92. The summed E-state index contributed by atoms with van der Waals surface area (Å²) in [7, 11) is 0. The van der Waals surface area contributed by atoms with E-state index in [0.717, 1.165) is 26.1 Å². The van der Waals surface area contributed by atoms with E-state index in [9.17, 15) is 0 Å². The van der Waals surface area contributed by atoms with Crippen LogP contribution in [0.4, 0.5) is 0 Å². The standard InChI is InChI=1S/C19H38O/c1-3-5-7-9-10-11-12-13-15-17-19-20-18-16-14-8-6-4-2/h1-19H2. The maximum absolute atomic E-state index is 5.66. The SMILES string of the molecule is [CH2]CCCCCCCCCCCOCCCCCC[CH2]. The summed E-state index contributed by atoms with van der Waals surface area (Å²) in [6.45, 7) is 9.67. The Morgan fingerprint density at radius 3 is 1.05 bits per heavy atom. The highest BCUT2D eigenvalue weighted by molar-refractivity contribution is 4.49. The molecule has 0 aliphatic carbocycles. The first-order valence-electron chi connectivity index (χ1n) is 9.08. The molecule has 0 rings (SSSR count). The van der Waals surface area contributed by atoms with Crippen molar-refractivity contribution < 1.29 is 4.74 Å². The first-order valence-corrected chi connectivity index (χ1v) is 9.08. The fourth-order valence-electron chi connectivity index (χ4n) is 2.45. The van der Waals surface area contributed by atoms with Gasteiger partial charge in [-0.25, -0.2) is 0 Å². The van der Waals surface area contributed by atoms with Crippen LogP contribution in [0.3, 0.4) is 0 Å². The quantitative estimate of drug-likeness (QED) is 0.276. The number of rotatable bonds is 17. The minimum absolute atomic E-state index is 0.962. The van der Waals surface area contributed by atoms with Crippen molar-refractivity contribution in [2.24, 2.45) is 0 Å². The largest absolute Gasteiger partial charge is 0.381 e. The molecule has 120 valence electrons. The third-order valence-electron chi connectivity index (χ3n) is 3.83. The first kappa shape index (κ1) is 20.0. The Morgan fingerprint density at radius 1 is 0.400 bits per heavy atom. The average molecular weight is 283 g/mol. The van der Waals surface area contributed by atoms with E-state index in [4.69, 9.17) is 4.74 Å². The molecule has 0 saturated carbocycles. The Morgan fingerprint density at radius 2 is 0.700 bits per heavy atom. The van der Waals surface area contributed by atoms with Gasteiger partial charge < -0.3 is 4.74 Å². The van der Waals surface area contributed by atoms with E-state index in [1.165, 1.54) is 83.5 Å². The predicted octanol–water partition coefficient (Wildman–Crippen LogP) is 6.52. The molecule has 0 fully saturated rings. The number of unbranched alkanes of at least 4 members (excludes halogenated alkanes) is 13. The molecule has 2 radical (unpaired) electrons. The van der Waals surface area contributed by atoms with Crippen molar-refractivity contribution in [3.8, 4) is 0 Å². The lowest BCUT2D eigenvalue weighted by Gasteiger charge is -2.04. The van der Waals surface area contributed by atoms with E-state index in [1.807, 2.05) is 0 Å². The predicted molar refractivity (Wildman–Crippen MR) is 90.8 cm³/mol. The molecule has 0 aliphatic heterocycles. The second-order valence-corrected chi connectivity index (χ2v) is 5.92. The Labute approximate surface area is 128 Å². The third-order valence-corrected chi connectivity index (χ3v) is 3.83. The van der Waals surface area contributed by atoms with Crippen LogP contribution in [0, 0.1) is 13.8 Å². The van der Waals surface area contributed by atoms with Gasteiger partial charge in [0.2, 0.25) is 0 Å². The van der Waals surface area contributed by atoms with Gasteiger partial charge in [0.15, 0.2) is 0 Å². The minimum atomic E-state index is 0.962. The molecule has 0 unspecified atom stereocenters. The highest BCUT2D eigenvalue weighted by Gasteiger charge is 1.94. The summed E-state index contributed by atoms with van der Waals surface area (Å²) >= 11 is 0. The van der Waals surface area contributed by atoms with Gasteiger partial charge in [-0.3, -0.25) is 0 Å². The van der Waals surface area contributed by atoms with Gasteiger partial charge in [0, 0.05) is 13.2 Å². The lowest BCUT2D eigenvalue weighted by molar-refractivity contribution is 0.125. The van der Waals surface area contributed by atoms with Crippen LogP contribution in [0.25, 0.3) is 0 Å². The highest BCUT2D eigenvalue weighted by Crippen LogP contribution is 2.10. The van der Waals surface area contributed by atoms with Crippen molar-refractivity contribution >= 4 is 0 Å². The van der Waals surface area contributed by atoms with Crippen molar-refractivity contribution in [2.45, 2.75) is 96.3 Å². The molecule has 0 saturated heterocycles. The normalized spacial score (nSPS) is 11.1. The molecule has 1 heteroatoms. The minimum Gasteiger partial charge on any atom is -0.381 e. The van der Waals surface area contributed by atoms with E-state index in [1.54, 1.807) is 0 Å². The summed E-state index contributed by atoms with van der Waals surface area (Å²) in [5, 5.41) is 0. The molecule has 1 nitrogen and oxygen atoms in total. The molecule has 0 heterocycles. The fourth-order valence-corrected chi connectivity index (χ4v) is 2.45. The van der Waals surface area contributed by atoms with E-state index in [-0.39, 0.29) is 0 Å². The molecule has 0 spiro atoms. The van der Waals surface area contributed by atoms with Crippen LogP contribution in [0.5, 0.6) is 0 Å². The molecule has 0 atom stereocenters. The lowest BCUT2D eigenvalue weighted by Crippen LogP contribution is -1.97. The van der Waals surface area contributed by atoms with Crippen molar-refractivity contribution in [1.82, 2.24) is 0 Å². The monoisotopic (exact) mass is 282 g/mol. The Bertz CT molecular complexity index is 138. The van der Waals surface area contributed by atoms with Gasteiger partial charge in [0.05, 0.1) is 0 Å². The van der Waals surface area contributed by atoms with Gasteiger partial charge >= 0.3 is 0 Å². The number of ether oxygens (including phenoxy) is 1. The zero-order valence-corrected chi connectivity index (χ0v) is 13.8. The van der Waals surface area contributed by atoms with Crippen molar-refractivity contribution in [3.63, 3.8) is 0 Å². The van der Waals surface area contributed by atoms with Crippen molar-refractivity contribution in [3.05, 3.63) is 13.8 Å². The molecule has 0 aliphatic rings. The summed E-state index contributed by atoms with van der Waals surface area (Å²) in [6, 6.07) is 0. The Kier molecular flexibility index (Phi) is 18.9.